The molecule has 1 amide bonds. The average Bonchev–Trinajstić information content (AvgIpc) is 2.62. The minimum Gasteiger partial charge on any atom is -0.340 e. The highest BCUT2D eigenvalue weighted by atomic mass is 16.1. The molecular weight excluding hydrogens is 312 g/mol. The Morgan fingerprint density at radius 2 is 1.68 bits per heavy atom. The fourth-order valence-corrected chi connectivity index (χ4v) is 2.44. The van der Waals surface area contributed by atoms with Gasteiger partial charge in [0.05, 0.1) is 0 Å². The van der Waals surface area contributed by atoms with Crippen LogP contribution in [0.5, 0.6) is 0 Å². The predicted molar refractivity (Wildman–Crippen MR) is 100 cm³/mol. The van der Waals surface area contributed by atoms with Crippen LogP contribution in [0.2, 0.25) is 0 Å². The number of aromatic nitrogens is 2. The molecule has 5 heteroatoms. The Bertz CT molecular complexity index is 861. The van der Waals surface area contributed by atoms with Gasteiger partial charge in [0.1, 0.15) is 17.3 Å². The van der Waals surface area contributed by atoms with Crippen molar-refractivity contribution in [1.29, 1.82) is 0 Å². The van der Waals surface area contributed by atoms with Gasteiger partial charge in [-0.2, -0.15) is 0 Å². The summed E-state index contributed by atoms with van der Waals surface area (Å²) in [6, 6.07) is 19.1. The largest absolute Gasteiger partial charge is 0.340 e. The third kappa shape index (κ3) is 4.41. The smallest absolute Gasteiger partial charge is 0.274 e. The Kier molecular flexibility index (Phi) is 5.04. The fraction of sp³-hybridized carbons (Fsp3) is 0.150. The lowest BCUT2D eigenvalue weighted by atomic mass is 10.1. The van der Waals surface area contributed by atoms with Crippen LogP contribution in [0.4, 0.5) is 17.2 Å². The first-order valence-corrected chi connectivity index (χ1v) is 8.22. The highest BCUT2D eigenvalue weighted by Gasteiger charge is 2.11. The Hall–Kier alpha value is -3.21. The second-order valence-corrected chi connectivity index (χ2v) is 5.68. The minimum atomic E-state index is -0.258. The van der Waals surface area contributed by atoms with E-state index in [1.54, 1.807) is 13.0 Å². The van der Waals surface area contributed by atoms with Crippen LogP contribution in [0.25, 0.3) is 0 Å². The summed E-state index contributed by atoms with van der Waals surface area (Å²) >= 11 is 0. The topological polar surface area (TPSA) is 66.9 Å². The molecule has 0 spiro atoms. The predicted octanol–water partition coefficient (Wildman–Crippen LogP) is 4.34. The van der Waals surface area contributed by atoms with Crippen LogP contribution in [0.3, 0.4) is 0 Å². The van der Waals surface area contributed by atoms with Gasteiger partial charge in [-0.1, -0.05) is 37.3 Å². The molecule has 0 aliphatic carbocycles. The number of rotatable bonds is 5. The molecule has 0 aliphatic heterocycles. The van der Waals surface area contributed by atoms with Crippen molar-refractivity contribution in [1.82, 2.24) is 9.97 Å². The van der Waals surface area contributed by atoms with Crippen molar-refractivity contribution in [3.8, 4) is 0 Å². The first-order chi connectivity index (χ1) is 12.1. The number of nitrogens with one attached hydrogen (secondary N) is 2. The van der Waals surface area contributed by atoms with Gasteiger partial charge in [0, 0.05) is 17.4 Å². The summed E-state index contributed by atoms with van der Waals surface area (Å²) < 4.78 is 0. The summed E-state index contributed by atoms with van der Waals surface area (Å²) in [5, 5.41) is 6.06. The molecule has 0 bridgehead atoms. The Morgan fingerprint density at radius 3 is 2.36 bits per heavy atom. The van der Waals surface area contributed by atoms with Crippen molar-refractivity contribution >= 4 is 23.1 Å². The van der Waals surface area contributed by atoms with Crippen molar-refractivity contribution in [2.45, 2.75) is 20.3 Å². The number of benzene rings is 2. The molecule has 0 saturated heterocycles. The van der Waals surface area contributed by atoms with E-state index in [1.165, 1.54) is 5.56 Å². The number of hydrogen-bond acceptors (Lipinski definition) is 4. The molecule has 1 aromatic heterocycles. The molecule has 0 fully saturated rings. The number of amides is 1. The van der Waals surface area contributed by atoms with E-state index in [0.717, 1.165) is 17.8 Å². The van der Waals surface area contributed by atoms with Crippen molar-refractivity contribution in [3.05, 3.63) is 77.7 Å². The zero-order valence-corrected chi connectivity index (χ0v) is 14.3. The van der Waals surface area contributed by atoms with Gasteiger partial charge < -0.3 is 10.6 Å². The molecule has 5 nitrogen and oxygen atoms in total. The summed E-state index contributed by atoms with van der Waals surface area (Å²) in [6.45, 7) is 3.86. The number of carbonyl (C=O) groups excluding carboxylic acids is 1. The van der Waals surface area contributed by atoms with Crippen LogP contribution in [0, 0.1) is 6.92 Å². The highest BCUT2D eigenvalue weighted by molar-refractivity contribution is 6.03. The van der Waals surface area contributed by atoms with E-state index in [9.17, 15) is 4.79 Å². The minimum absolute atomic E-state index is 0.258. The summed E-state index contributed by atoms with van der Waals surface area (Å²) in [5.74, 6) is 0.864. The van der Waals surface area contributed by atoms with Gasteiger partial charge in [0.25, 0.3) is 5.91 Å². The van der Waals surface area contributed by atoms with Crippen molar-refractivity contribution in [3.63, 3.8) is 0 Å². The van der Waals surface area contributed by atoms with E-state index >= 15 is 0 Å². The Balaban J connectivity index is 1.77. The third-order valence-corrected chi connectivity index (χ3v) is 3.74. The van der Waals surface area contributed by atoms with Crippen LogP contribution >= 0.6 is 0 Å². The van der Waals surface area contributed by atoms with Crippen LogP contribution in [-0.4, -0.2) is 15.9 Å². The lowest BCUT2D eigenvalue weighted by Gasteiger charge is -2.09. The third-order valence-electron chi connectivity index (χ3n) is 3.74. The van der Waals surface area contributed by atoms with E-state index in [1.807, 2.05) is 54.6 Å². The molecule has 0 aliphatic rings. The normalized spacial score (nSPS) is 10.3. The van der Waals surface area contributed by atoms with Crippen molar-refractivity contribution in [2.24, 2.45) is 0 Å². The molecule has 2 N–H and O–H groups in total. The molecule has 0 atom stereocenters. The van der Waals surface area contributed by atoms with Crippen LogP contribution in [0.15, 0.2) is 60.7 Å². The molecule has 0 saturated carbocycles. The van der Waals surface area contributed by atoms with Gasteiger partial charge in [-0.05, 0) is 43.2 Å². The zero-order valence-electron chi connectivity index (χ0n) is 14.3. The summed E-state index contributed by atoms with van der Waals surface area (Å²) in [6.07, 6.45) is 0.966. The molecular formula is C20H20N4O. The number of carbonyl (C=O) groups is 1. The molecule has 3 aromatic rings. The molecule has 25 heavy (non-hydrogen) atoms. The number of hydrogen-bond donors (Lipinski definition) is 2. The number of para-hydroxylation sites is 1. The maximum absolute atomic E-state index is 12.5. The summed E-state index contributed by atoms with van der Waals surface area (Å²) in [5.41, 5.74) is 3.20. The average molecular weight is 332 g/mol. The number of aryl methyl sites for hydroxylation is 2. The summed E-state index contributed by atoms with van der Waals surface area (Å²) in [4.78, 5) is 21.1. The van der Waals surface area contributed by atoms with Gasteiger partial charge in [0.2, 0.25) is 0 Å². The van der Waals surface area contributed by atoms with Gasteiger partial charge in [0.15, 0.2) is 0 Å². The fourth-order valence-electron chi connectivity index (χ4n) is 2.44. The molecule has 2 aromatic carbocycles. The monoisotopic (exact) mass is 332 g/mol. The van der Waals surface area contributed by atoms with Gasteiger partial charge in [-0.25, -0.2) is 9.97 Å². The number of anilines is 3. The van der Waals surface area contributed by atoms with E-state index in [4.69, 9.17) is 0 Å². The lowest BCUT2D eigenvalue weighted by molar-refractivity contribution is 0.102. The zero-order chi connectivity index (χ0) is 17.6. The first kappa shape index (κ1) is 16.6. The molecule has 0 unspecified atom stereocenters. The van der Waals surface area contributed by atoms with E-state index in [-0.39, 0.29) is 5.91 Å². The Labute approximate surface area is 147 Å². The van der Waals surface area contributed by atoms with Crippen molar-refractivity contribution in [2.75, 3.05) is 10.6 Å². The lowest BCUT2D eigenvalue weighted by Crippen LogP contribution is -2.15. The Morgan fingerprint density at radius 1 is 0.960 bits per heavy atom. The maximum atomic E-state index is 12.5. The second-order valence-electron chi connectivity index (χ2n) is 5.68. The summed E-state index contributed by atoms with van der Waals surface area (Å²) in [7, 11) is 0. The van der Waals surface area contributed by atoms with Gasteiger partial charge >= 0.3 is 0 Å². The van der Waals surface area contributed by atoms with Crippen LogP contribution in [0.1, 0.15) is 28.8 Å². The van der Waals surface area contributed by atoms with Crippen LogP contribution < -0.4 is 10.6 Å². The van der Waals surface area contributed by atoms with E-state index in [2.05, 4.69) is 27.5 Å². The quantitative estimate of drug-likeness (QED) is 0.729. The first-order valence-electron chi connectivity index (χ1n) is 8.22. The van der Waals surface area contributed by atoms with Gasteiger partial charge in [-0.15, -0.1) is 0 Å². The second kappa shape index (κ2) is 7.57. The maximum Gasteiger partial charge on any atom is 0.274 e. The van der Waals surface area contributed by atoms with E-state index < -0.39 is 0 Å². The van der Waals surface area contributed by atoms with Crippen molar-refractivity contribution < 1.29 is 4.79 Å². The van der Waals surface area contributed by atoms with Gasteiger partial charge in [-0.3, -0.25) is 4.79 Å². The molecule has 3 rings (SSSR count). The molecule has 0 radical (unpaired) electrons. The molecule has 1 heterocycles. The number of nitrogens with zero attached hydrogens (tertiary/aromatic N) is 2. The van der Waals surface area contributed by atoms with E-state index in [0.29, 0.717) is 17.3 Å². The molecule has 126 valence electrons. The SMILES string of the molecule is CCc1ccc(NC(=O)c2cc(Nc3ccccc3)nc(C)n2)cc1. The standard InChI is InChI=1S/C20H20N4O/c1-3-15-9-11-17(12-10-15)24-20(25)18-13-19(22-14(2)21-18)23-16-7-5-4-6-8-16/h4-13H,3H2,1-2H3,(H,24,25)(H,21,22,23). The highest BCUT2D eigenvalue weighted by Crippen LogP contribution is 2.16. The van der Waals surface area contributed by atoms with Crippen LogP contribution in [-0.2, 0) is 6.42 Å².